The van der Waals surface area contributed by atoms with Crippen molar-refractivity contribution < 1.29 is 74.4 Å². The minimum Gasteiger partial charge on any atom is -0.508 e. The maximum absolute atomic E-state index is 13.7. The third kappa shape index (κ3) is 5.55. The Morgan fingerprint density at radius 3 is 2.19 bits per heavy atom. The summed E-state index contributed by atoms with van der Waals surface area (Å²) in [4.78, 5) is 13.7. The molecule has 0 aliphatic carbocycles. The number of aromatic hydroxyl groups is 4. The molecule has 0 amide bonds. The monoisotopic (exact) mass is 610 g/mol. The maximum atomic E-state index is 13.7. The first kappa shape index (κ1) is 30.7. The van der Waals surface area contributed by atoms with E-state index in [4.69, 9.17) is 23.4 Å². The van der Waals surface area contributed by atoms with E-state index in [2.05, 4.69) is 0 Å². The van der Waals surface area contributed by atoms with Gasteiger partial charge in [0.05, 0.1) is 12.7 Å². The van der Waals surface area contributed by atoms with Crippen molar-refractivity contribution >= 4 is 11.0 Å². The molecule has 10 atom stereocenters. The standard InChI is InChI=1S/C27H30O16/c1-8-17(33)20(36)22(38)26(39-8)43-25-21(37)18(34)15(7-28)41-27(25)42-24-19(35)16-13(32)5-10(29)6-14(16)40-23(24)9-2-3-11(30)12(31)4-9/h2-6,8,15,17-18,20-22,25-34,36-38H,7H2,1H3/t8-,15+,17-,18-,20+,21-,22+,25+,26-,27-/m0/s1. The quantitative estimate of drug-likeness (QED) is 0.140. The van der Waals surface area contributed by atoms with E-state index >= 15 is 0 Å². The molecule has 1 aromatic heterocycles. The fourth-order valence-corrected chi connectivity index (χ4v) is 4.92. The van der Waals surface area contributed by atoms with Crippen molar-refractivity contribution in [3.05, 3.63) is 40.6 Å². The highest BCUT2D eigenvalue weighted by atomic mass is 16.8. The Morgan fingerprint density at radius 1 is 0.791 bits per heavy atom. The van der Waals surface area contributed by atoms with Gasteiger partial charge < -0.3 is 74.4 Å². The number of hydrogen-bond donors (Lipinski definition) is 10. The third-order valence-corrected chi connectivity index (χ3v) is 7.31. The summed E-state index contributed by atoms with van der Waals surface area (Å²) in [6, 6.07) is 5.21. The molecular formula is C27H30O16. The summed E-state index contributed by atoms with van der Waals surface area (Å²) in [7, 11) is 0. The highest BCUT2D eigenvalue weighted by Gasteiger charge is 2.51. The fraction of sp³-hybridized carbons (Fsp3) is 0.444. The van der Waals surface area contributed by atoms with Gasteiger partial charge in [0.25, 0.3) is 0 Å². The molecule has 16 nitrogen and oxygen atoms in total. The van der Waals surface area contributed by atoms with Gasteiger partial charge in [0.1, 0.15) is 59.1 Å². The van der Waals surface area contributed by atoms with Crippen molar-refractivity contribution in [2.45, 2.75) is 68.3 Å². The number of phenolic OH excluding ortho intramolecular Hbond substituents is 4. The second-order valence-electron chi connectivity index (χ2n) is 10.2. The molecule has 43 heavy (non-hydrogen) atoms. The molecule has 16 heteroatoms. The zero-order chi connectivity index (χ0) is 31.3. The first-order chi connectivity index (χ1) is 20.3. The lowest BCUT2D eigenvalue weighted by Gasteiger charge is -2.45. The lowest BCUT2D eigenvalue weighted by atomic mass is 9.97. The molecular weight excluding hydrogens is 580 g/mol. The van der Waals surface area contributed by atoms with Crippen LogP contribution in [0.1, 0.15) is 6.92 Å². The zero-order valence-corrected chi connectivity index (χ0v) is 22.3. The molecule has 0 unspecified atom stereocenters. The number of phenols is 4. The molecule has 3 heterocycles. The number of aliphatic hydroxyl groups excluding tert-OH is 6. The van der Waals surface area contributed by atoms with Crippen molar-refractivity contribution in [3.8, 4) is 40.1 Å². The van der Waals surface area contributed by atoms with Crippen molar-refractivity contribution in [1.29, 1.82) is 0 Å². The molecule has 2 aliphatic heterocycles. The highest BCUT2D eigenvalue weighted by Crippen LogP contribution is 2.40. The van der Waals surface area contributed by atoms with Crippen molar-refractivity contribution in [1.82, 2.24) is 0 Å². The average Bonchev–Trinajstić information content (AvgIpc) is 2.96. The van der Waals surface area contributed by atoms with Gasteiger partial charge in [-0.3, -0.25) is 4.79 Å². The van der Waals surface area contributed by atoms with Crippen LogP contribution in [0.25, 0.3) is 22.3 Å². The Balaban J connectivity index is 1.62. The van der Waals surface area contributed by atoms with Crippen molar-refractivity contribution in [2.24, 2.45) is 0 Å². The van der Waals surface area contributed by atoms with E-state index in [0.29, 0.717) is 0 Å². The number of ether oxygens (including phenoxy) is 4. The third-order valence-electron chi connectivity index (χ3n) is 7.31. The van der Waals surface area contributed by atoms with E-state index in [1.807, 2.05) is 0 Å². The predicted octanol–water partition coefficient (Wildman–Crippen LogP) is -1.69. The molecule has 10 N–H and O–H groups in total. The van der Waals surface area contributed by atoms with E-state index in [9.17, 15) is 55.9 Å². The first-order valence-corrected chi connectivity index (χ1v) is 13.0. The van der Waals surface area contributed by atoms with Gasteiger partial charge in [0.15, 0.2) is 29.7 Å². The van der Waals surface area contributed by atoms with Crippen molar-refractivity contribution in [2.75, 3.05) is 6.61 Å². The molecule has 2 aromatic carbocycles. The summed E-state index contributed by atoms with van der Waals surface area (Å²) in [5.74, 6) is -3.40. The Morgan fingerprint density at radius 2 is 1.51 bits per heavy atom. The number of aliphatic hydroxyl groups is 6. The largest absolute Gasteiger partial charge is 0.508 e. The molecule has 0 radical (unpaired) electrons. The average molecular weight is 611 g/mol. The van der Waals surface area contributed by atoms with Gasteiger partial charge in [0, 0.05) is 17.7 Å². The molecule has 2 fully saturated rings. The lowest BCUT2D eigenvalue weighted by Crippen LogP contribution is -2.64. The van der Waals surface area contributed by atoms with Crippen LogP contribution in [0.2, 0.25) is 0 Å². The Hall–Kier alpha value is -3.71. The van der Waals surface area contributed by atoms with Gasteiger partial charge in [-0.25, -0.2) is 0 Å². The normalized spacial score (nSPS) is 33.0. The molecule has 2 aliphatic rings. The van der Waals surface area contributed by atoms with Crippen LogP contribution < -0.4 is 10.2 Å². The fourth-order valence-electron chi connectivity index (χ4n) is 4.92. The van der Waals surface area contributed by atoms with E-state index in [0.717, 1.165) is 24.3 Å². The molecule has 2 saturated heterocycles. The second kappa shape index (κ2) is 11.8. The molecule has 0 saturated carbocycles. The second-order valence-corrected chi connectivity index (χ2v) is 10.2. The SMILES string of the molecule is C[C@@H]1O[C@@H](O[C@H]2[C@H](Oc3c(-c4ccc(O)c(O)c4)oc4cc(O)cc(O)c4c3=O)O[C@H](CO)[C@H](O)[C@@H]2O)[C@H](O)[C@H](O)[C@H]1O. The first-order valence-electron chi connectivity index (χ1n) is 13.0. The van der Waals surface area contributed by atoms with E-state index in [-0.39, 0.29) is 11.1 Å². The van der Waals surface area contributed by atoms with Crippen LogP contribution >= 0.6 is 0 Å². The Bertz CT molecular complexity index is 1540. The summed E-state index contributed by atoms with van der Waals surface area (Å²) in [6.07, 6.45) is -16.7. The van der Waals surface area contributed by atoms with Crippen LogP contribution in [-0.4, -0.2) is 119 Å². The summed E-state index contributed by atoms with van der Waals surface area (Å²) in [6.45, 7) is 0.541. The van der Waals surface area contributed by atoms with E-state index in [1.165, 1.54) is 13.0 Å². The maximum Gasteiger partial charge on any atom is 0.239 e. The predicted molar refractivity (Wildman–Crippen MR) is 140 cm³/mol. The van der Waals surface area contributed by atoms with Crippen LogP contribution in [0.15, 0.2) is 39.5 Å². The number of hydrogen-bond acceptors (Lipinski definition) is 16. The van der Waals surface area contributed by atoms with Gasteiger partial charge in [-0.1, -0.05) is 0 Å². The topological polar surface area (TPSA) is 269 Å². The van der Waals surface area contributed by atoms with Crippen LogP contribution in [-0.2, 0) is 14.2 Å². The van der Waals surface area contributed by atoms with Gasteiger partial charge >= 0.3 is 0 Å². The van der Waals surface area contributed by atoms with Crippen LogP contribution in [0.3, 0.4) is 0 Å². The minimum absolute atomic E-state index is 0.0447. The van der Waals surface area contributed by atoms with Crippen LogP contribution in [0, 0.1) is 0 Å². The number of fused-ring (bicyclic) bond motifs is 1. The Kier molecular flexibility index (Phi) is 8.41. The summed E-state index contributed by atoms with van der Waals surface area (Å²) in [5.41, 5.74) is -1.39. The van der Waals surface area contributed by atoms with Gasteiger partial charge in [0.2, 0.25) is 17.5 Å². The van der Waals surface area contributed by atoms with Gasteiger partial charge in [-0.15, -0.1) is 0 Å². The summed E-state index contributed by atoms with van der Waals surface area (Å²) < 4.78 is 28.3. The lowest BCUT2D eigenvalue weighted by molar-refractivity contribution is -0.354. The van der Waals surface area contributed by atoms with Crippen LogP contribution in [0.4, 0.5) is 0 Å². The minimum atomic E-state index is -1.91. The van der Waals surface area contributed by atoms with Gasteiger partial charge in [-0.2, -0.15) is 0 Å². The number of rotatable bonds is 6. The summed E-state index contributed by atoms with van der Waals surface area (Å²) in [5, 5.41) is 102. The smallest absolute Gasteiger partial charge is 0.239 e. The van der Waals surface area contributed by atoms with Crippen LogP contribution in [0.5, 0.6) is 28.7 Å². The molecule has 0 spiro atoms. The summed E-state index contributed by atoms with van der Waals surface area (Å²) >= 11 is 0. The molecule has 0 bridgehead atoms. The van der Waals surface area contributed by atoms with E-state index < -0.39 is 113 Å². The highest BCUT2D eigenvalue weighted by molar-refractivity contribution is 5.88. The molecule has 5 rings (SSSR count). The molecule has 234 valence electrons. The van der Waals surface area contributed by atoms with E-state index in [1.54, 1.807) is 0 Å². The zero-order valence-electron chi connectivity index (χ0n) is 22.3. The molecule has 3 aromatic rings. The van der Waals surface area contributed by atoms with Crippen molar-refractivity contribution in [3.63, 3.8) is 0 Å². The Labute approximate surface area is 241 Å². The number of benzene rings is 2. The van der Waals surface area contributed by atoms with Gasteiger partial charge in [-0.05, 0) is 25.1 Å².